The van der Waals surface area contributed by atoms with Gasteiger partial charge in [-0.05, 0) is 37.7 Å². The van der Waals surface area contributed by atoms with Gasteiger partial charge in [-0.15, -0.1) is 11.3 Å². The van der Waals surface area contributed by atoms with Gasteiger partial charge in [0.15, 0.2) is 14.8 Å². The van der Waals surface area contributed by atoms with Crippen LogP contribution in [0.25, 0.3) is 10.4 Å². The lowest BCUT2D eigenvalue weighted by atomic mass is 9.97. The molecule has 4 heterocycles. The largest absolute Gasteiger partial charge is 0.417 e. The summed E-state index contributed by atoms with van der Waals surface area (Å²) >= 11 is 0.702. The average Bonchev–Trinajstić information content (AvgIpc) is 3.31. The molecule has 14 heteroatoms. The minimum atomic E-state index is -4.77. The number of hydrogen-bond donors (Lipinski definition) is 1. The Labute approximate surface area is 236 Å². The van der Waals surface area contributed by atoms with E-state index in [0.29, 0.717) is 24.4 Å². The topological polar surface area (TPSA) is 113 Å². The molecule has 0 spiro atoms. The molecule has 0 bridgehead atoms. The summed E-state index contributed by atoms with van der Waals surface area (Å²) in [5.41, 5.74) is -1.76. The minimum Gasteiger partial charge on any atom is -0.370 e. The first-order valence-electron chi connectivity index (χ1n) is 13.2. The fraction of sp³-hybridized carbons (Fsp3) is 0.615. The lowest BCUT2D eigenvalue weighted by Gasteiger charge is -2.33. The summed E-state index contributed by atoms with van der Waals surface area (Å²) in [7, 11) is -3.26. The summed E-state index contributed by atoms with van der Waals surface area (Å²) in [5, 5.41) is 2.77. The number of likely N-dealkylation sites (tertiary alicyclic amines) is 1. The van der Waals surface area contributed by atoms with Crippen LogP contribution in [0.15, 0.2) is 12.3 Å². The number of rotatable bonds is 5. The van der Waals surface area contributed by atoms with E-state index in [9.17, 15) is 31.2 Å². The smallest absolute Gasteiger partial charge is 0.370 e. The number of nitrogens with one attached hydrogen (secondary N) is 1. The van der Waals surface area contributed by atoms with E-state index in [1.165, 1.54) is 4.90 Å². The predicted octanol–water partition coefficient (Wildman–Crippen LogP) is 4.57. The number of carbonyl (C=O) groups excluding carboxylic acids is 2. The second kappa shape index (κ2) is 11.3. The summed E-state index contributed by atoms with van der Waals surface area (Å²) in [5.74, 6) is -1.53. The van der Waals surface area contributed by atoms with Crippen LogP contribution in [0.5, 0.6) is 0 Å². The van der Waals surface area contributed by atoms with Crippen LogP contribution in [0.2, 0.25) is 0 Å². The van der Waals surface area contributed by atoms with Crippen LogP contribution in [0.1, 0.15) is 72.8 Å². The average molecular weight is 602 g/mol. The van der Waals surface area contributed by atoms with Gasteiger partial charge in [-0.3, -0.25) is 9.59 Å². The molecule has 40 heavy (non-hydrogen) atoms. The van der Waals surface area contributed by atoms with E-state index >= 15 is 0 Å². The Balaban J connectivity index is 1.79. The van der Waals surface area contributed by atoms with Gasteiger partial charge in [0.2, 0.25) is 0 Å². The Hall–Kier alpha value is -2.74. The quantitative estimate of drug-likeness (QED) is 0.535. The summed E-state index contributed by atoms with van der Waals surface area (Å²) in [4.78, 5) is 38.3. The second-order valence-electron chi connectivity index (χ2n) is 11.5. The summed E-state index contributed by atoms with van der Waals surface area (Å²) < 4.78 is 66.8. The first kappa shape index (κ1) is 30.2. The molecule has 2 fully saturated rings. The molecule has 9 nitrogen and oxygen atoms in total. The van der Waals surface area contributed by atoms with Crippen LogP contribution >= 0.6 is 11.3 Å². The van der Waals surface area contributed by atoms with Crippen molar-refractivity contribution in [3.8, 4) is 10.4 Å². The van der Waals surface area contributed by atoms with Gasteiger partial charge >= 0.3 is 6.18 Å². The Morgan fingerprint density at radius 1 is 1.10 bits per heavy atom. The number of piperidine rings is 1. The fourth-order valence-electron chi connectivity index (χ4n) is 4.65. The Kier molecular flexibility index (Phi) is 8.51. The van der Waals surface area contributed by atoms with Crippen molar-refractivity contribution in [2.24, 2.45) is 5.41 Å². The molecule has 4 rings (SSSR count). The van der Waals surface area contributed by atoms with Crippen molar-refractivity contribution in [3.05, 3.63) is 28.5 Å². The third-order valence-electron chi connectivity index (χ3n) is 6.96. The van der Waals surface area contributed by atoms with Crippen molar-refractivity contribution in [2.75, 3.05) is 43.0 Å². The monoisotopic (exact) mass is 601 g/mol. The van der Waals surface area contributed by atoms with E-state index in [2.05, 4.69) is 15.3 Å². The molecule has 2 saturated heterocycles. The molecule has 0 saturated carbocycles. The van der Waals surface area contributed by atoms with E-state index in [0.717, 1.165) is 31.5 Å². The Morgan fingerprint density at radius 3 is 2.38 bits per heavy atom. The predicted molar refractivity (Wildman–Crippen MR) is 147 cm³/mol. The molecule has 1 atom stereocenters. The maximum Gasteiger partial charge on any atom is 0.417 e. The molecular weight excluding hydrogens is 567 g/mol. The maximum absolute atomic E-state index is 14.4. The molecule has 2 amide bonds. The van der Waals surface area contributed by atoms with E-state index in [1.54, 1.807) is 4.90 Å². The highest BCUT2D eigenvalue weighted by Crippen LogP contribution is 2.42. The number of amides is 2. The molecule has 0 radical (unpaired) electrons. The third-order valence-corrected chi connectivity index (χ3v) is 9.65. The molecule has 2 aromatic rings. The van der Waals surface area contributed by atoms with Gasteiger partial charge in [0.1, 0.15) is 11.5 Å². The van der Waals surface area contributed by atoms with Crippen molar-refractivity contribution in [1.29, 1.82) is 0 Å². The van der Waals surface area contributed by atoms with Crippen LogP contribution < -0.4 is 5.32 Å². The van der Waals surface area contributed by atoms with Gasteiger partial charge in [-0.1, -0.05) is 20.8 Å². The first-order valence-corrected chi connectivity index (χ1v) is 15.8. The molecule has 0 aliphatic carbocycles. The highest BCUT2D eigenvalue weighted by Gasteiger charge is 2.39. The van der Waals surface area contributed by atoms with Crippen LogP contribution in [-0.2, 0) is 16.0 Å². The molecule has 2 aliphatic rings. The van der Waals surface area contributed by atoms with Gasteiger partial charge < -0.3 is 15.1 Å². The van der Waals surface area contributed by atoms with E-state index in [4.69, 9.17) is 0 Å². The van der Waals surface area contributed by atoms with Crippen LogP contribution in [-0.4, -0.2) is 83.7 Å². The lowest BCUT2D eigenvalue weighted by Crippen LogP contribution is -2.44. The number of anilines is 1. The van der Waals surface area contributed by atoms with Gasteiger partial charge in [-0.2, -0.15) is 13.2 Å². The molecule has 2 aromatic heterocycles. The number of alkyl halides is 3. The molecule has 0 unspecified atom stereocenters. The summed E-state index contributed by atoms with van der Waals surface area (Å²) in [6, 6.07) is 0.779. The number of nitrogens with zero attached hydrogens (tertiary/aromatic N) is 4. The zero-order valence-electron chi connectivity index (χ0n) is 23.0. The van der Waals surface area contributed by atoms with Crippen molar-refractivity contribution in [3.63, 3.8) is 0 Å². The van der Waals surface area contributed by atoms with Gasteiger partial charge in [0.05, 0.1) is 21.9 Å². The first-order chi connectivity index (χ1) is 18.6. The minimum absolute atomic E-state index is 0.0406. The second-order valence-corrected chi connectivity index (χ2v) is 14.8. The van der Waals surface area contributed by atoms with Crippen LogP contribution in [0.3, 0.4) is 0 Å². The van der Waals surface area contributed by atoms with Crippen molar-refractivity contribution in [1.82, 2.24) is 19.8 Å². The van der Waals surface area contributed by atoms with E-state index < -0.39 is 33.4 Å². The number of hydrogen-bond acceptors (Lipinski definition) is 8. The van der Waals surface area contributed by atoms with E-state index in [1.807, 2.05) is 27.7 Å². The Morgan fingerprint density at radius 2 is 1.77 bits per heavy atom. The number of thiazole rings is 1. The van der Waals surface area contributed by atoms with Gasteiger partial charge in [0.25, 0.3) is 11.8 Å². The van der Waals surface area contributed by atoms with Gasteiger partial charge in [0, 0.05) is 44.0 Å². The van der Waals surface area contributed by atoms with Gasteiger partial charge in [-0.25, -0.2) is 18.4 Å². The van der Waals surface area contributed by atoms with Crippen molar-refractivity contribution in [2.45, 2.75) is 59.2 Å². The number of aromatic nitrogens is 2. The molecular formula is C26H34F3N5O4S2. The maximum atomic E-state index is 14.4. The zero-order chi connectivity index (χ0) is 29.5. The number of pyridine rings is 1. The standard InChI is InChI=1S/C26H34F3N5O4S2/c1-16-7-5-6-8-34(16)23(35)20-21(39-22(32-20)24(36)33-9-11-40(37,38)12-10-33)17-14-30-19(31-15-25(2,3)4)13-18(17)26(27,28)29/h13-14,16H,5-12,15H2,1-4H3,(H,30,31)/t16-/m0/s1. The highest BCUT2D eigenvalue weighted by atomic mass is 32.2. The van der Waals surface area contributed by atoms with E-state index in [-0.39, 0.29) is 63.0 Å². The van der Waals surface area contributed by atoms with Crippen molar-refractivity contribution < 1.29 is 31.2 Å². The SMILES string of the molecule is C[C@H]1CCCCN1C(=O)c1nc(C(=O)N2CCS(=O)(=O)CC2)sc1-c1cnc(NCC(C)(C)C)cc1C(F)(F)F. The van der Waals surface area contributed by atoms with Crippen LogP contribution in [0.4, 0.5) is 19.0 Å². The fourth-order valence-corrected chi connectivity index (χ4v) is 6.90. The number of halogens is 3. The zero-order valence-corrected chi connectivity index (χ0v) is 24.6. The number of sulfone groups is 1. The molecule has 220 valence electrons. The molecule has 2 aliphatic heterocycles. The number of carbonyl (C=O) groups is 2. The molecule has 1 N–H and O–H groups in total. The third kappa shape index (κ3) is 6.93. The summed E-state index contributed by atoms with van der Waals surface area (Å²) in [6.07, 6.45) is -1.26. The lowest BCUT2D eigenvalue weighted by molar-refractivity contribution is -0.137. The summed E-state index contributed by atoms with van der Waals surface area (Å²) in [6.45, 7) is 8.41. The normalized spacial score (nSPS) is 19.9. The van der Waals surface area contributed by atoms with Crippen LogP contribution in [0, 0.1) is 5.41 Å². The highest BCUT2D eigenvalue weighted by molar-refractivity contribution is 7.91. The van der Waals surface area contributed by atoms with Crippen molar-refractivity contribution >= 4 is 38.8 Å². The Bertz CT molecular complexity index is 1370. The molecule has 0 aromatic carbocycles.